The topological polar surface area (TPSA) is 57.5 Å². The summed E-state index contributed by atoms with van der Waals surface area (Å²) >= 11 is 0. The molecule has 1 saturated heterocycles. The molecule has 6 nitrogen and oxygen atoms in total. The number of aliphatic imine (C=N–C) groups is 1. The van der Waals surface area contributed by atoms with Crippen LogP contribution >= 0.6 is 0 Å². The van der Waals surface area contributed by atoms with E-state index in [1.807, 2.05) is 23.1 Å². The van der Waals surface area contributed by atoms with Crippen LogP contribution in [-0.2, 0) is 6.54 Å². The molecule has 6 heteroatoms. The maximum Gasteiger partial charge on any atom is 0.191 e. The number of aromatic nitrogens is 2. The zero-order chi connectivity index (χ0) is 15.9. The summed E-state index contributed by atoms with van der Waals surface area (Å²) in [5, 5.41) is 11.0. The minimum Gasteiger partial charge on any atom is -0.357 e. The van der Waals surface area contributed by atoms with Gasteiger partial charge in [0.25, 0.3) is 0 Å². The van der Waals surface area contributed by atoms with Gasteiger partial charge in [0.15, 0.2) is 5.96 Å². The SMILES string of the molecule is CCNC(=NCC1CCN(C2CC2)C1)NCCCn1cccn1. The van der Waals surface area contributed by atoms with E-state index in [2.05, 4.69) is 27.6 Å². The van der Waals surface area contributed by atoms with Crippen molar-refractivity contribution in [1.82, 2.24) is 25.3 Å². The molecule has 0 aromatic carbocycles. The van der Waals surface area contributed by atoms with E-state index in [-0.39, 0.29) is 0 Å². The predicted molar refractivity (Wildman–Crippen MR) is 93.5 cm³/mol. The summed E-state index contributed by atoms with van der Waals surface area (Å²) in [5.74, 6) is 1.69. The molecule has 1 aromatic rings. The van der Waals surface area contributed by atoms with Crippen molar-refractivity contribution in [3.63, 3.8) is 0 Å². The number of nitrogens with one attached hydrogen (secondary N) is 2. The van der Waals surface area contributed by atoms with E-state index in [9.17, 15) is 0 Å². The molecular weight excluding hydrogens is 288 g/mol. The third kappa shape index (κ3) is 5.23. The average molecular weight is 318 g/mol. The van der Waals surface area contributed by atoms with Crippen molar-refractivity contribution in [1.29, 1.82) is 0 Å². The Balaban J connectivity index is 1.36. The largest absolute Gasteiger partial charge is 0.357 e. The molecule has 3 rings (SSSR count). The molecule has 1 atom stereocenters. The van der Waals surface area contributed by atoms with Gasteiger partial charge in [0.05, 0.1) is 0 Å². The molecule has 128 valence electrons. The van der Waals surface area contributed by atoms with E-state index >= 15 is 0 Å². The minimum atomic E-state index is 0.732. The molecule has 23 heavy (non-hydrogen) atoms. The lowest BCUT2D eigenvalue weighted by Crippen LogP contribution is -2.38. The quantitative estimate of drug-likeness (QED) is 0.431. The Bertz CT molecular complexity index is 479. The second kappa shape index (κ2) is 8.34. The summed E-state index contributed by atoms with van der Waals surface area (Å²) in [4.78, 5) is 7.45. The van der Waals surface area contributed by atoms with Crippen LogP contribution in [0.2, 0.25) is 0 Å². The van der Waals surface area contributed by atoms with Crippen LogP contribution < -0.4 is 10.6 Å². The van der Waals surface area contributed by atoms with Crippen LogP contribution in [0.5, 0.6) is 0 Å². The van der Waals surface area contributed by atoms with Gasteiger partial charge in [-0.2, -0.15) is 5.10 Å². The van der Waals surface area contributed by atoms with Crippen molar-refractivity contribution in [2.75, 3.05) is 32.7 Å². The van der Waals surface area contributed by atoms with E-state index in [0.29, 0.717) is 0 Å². The summed E-state index contributed by atoms with van der Waals surface area (Å²) in [6, 6.07) is 2.86. The molecule has 2 heterocycles. The molecule has 1 aliphatic heterocycles. The fourth-order valence-corrected chi connectivity index (χ4v) is 3.23. The monoisotopic (exact) mass is 318 g/mol. The highest BCUT2D eigenvalue weighted by molar-refractivity contribution is 5.79. The van der Waals surface area contributed by atoms with Crippen LogP contribution in [0.4, 0.5) is 0 Å². The van der Waals surface area contributed by atoms with Crippen LogP contribution in [0.3, 0.4) is 0 Å². The highest BCUT2D eigenvalue weighted by atomic mass is 15.3. The molecule has 2 fully saturated rings. The van der Waals surface area contributed by atoms with E-state index in [1.165, 1.54) is 32.4 Å². The Morgan fingerprint density at radius 3 is 2.96 bits per heavy atom. The van der Waals surface area contributed by atoms with Gasteiger partial charge >= 0.3 is 0 Å². The molecule has 2 aliphatic rings. The normalized spacial score (nSPS) is 22.5. The van der Waals surface area contributed by atoms with Gasteiger partial charge in [-0.3, -0.25) is 9.67 Å². The second-order valence-electron chi connectivity index (χ2n) is 6.65. The first-order valence-corrected chi connectivity index (χ1v) is 9.09. The molecular formula is C17H30N6. The number of nitrogens with zero attached hydrogens (tertiary/aromatic N) is 4. The average Bonchev–Trinajstić information content (AvgIpc) is 3.09. The fraction of sp³-hybridized carbons (Fsp3) is 0.765. The molecule has 0 spiro atoms. The van der Waals surface area contributed by atoms with E-state index < -0.39 is 0 Å². The molecule has 1 aromatic heterocycles. The smallest absolute Gasteiger partial charge is 0.191 e. The molecule has 0 amide bonds. The Morgan fingerprint density at radius 2 is 2.22 bits per heavy atom. The van der Waals surface area contributed by atoms with Crippen LogP contribution in [-0.4, -0.2) is 59.4 Å². The summed E-state index contributed by atoms with van der Waals surface area (Å²) < 4.78 is 1.97. The van der Waals surface area contributed by atoms with Gasteiger partial charge in [0.1, 0.15) is 0 Å². The Hall–Kier alpha value is -1.56. The van der Waals surface area contributed by atoms with Gasteiger partial charge < -0.3 is 15.5 Å². The van der Waals surface area contributed by atoms with Gasteiger partial charge in [0.2, 0.25) is 0 Å². The van der Waals surface area contributed by atoms with Crippen molar-refractivity contribution in [3.05, 3.63) is 18.5 Å². The third-order valence-corrected chi connectivity index (χ3v) is 4.65. The zero-order valence-corrected chi connectivity index (χ0v) is 14.2. The maximum atomic E-state index is 4.79. The van der Waals surface area contributed by atoms with Gasteiger partial charge in [0, 0.05) is 51.2 Å². The standard InChI is InChI=1S/C17H30N6/c1-2-18-17(19-8-3-10-23-11-4-9-21-23)20-13-15-7-12-22(14-15)16-5-6-16/h4,9,11,15-16H,2-3,5-8,10,12-14H2,1H3,(H2,18,19,20). The lowest BCUT2D eigenvalue weighted by Gasteiger charge is -2.15. The van der Waals surface area contributed by atoms with E-state index in [0.717, 1.165) is 50.5 Å². The number of guanidine groups is 1. The Kier molecular flexibility index (Phi) is 5.91. The minimum absolute atomic E-state index is 0.732. The summed E-state index contributed by atoms with van der Waals surface area (Å²) in [6.45, 7) is 8.35. The number of hydrogen-bond acceptors (Lipinski definition) is 3. The second-order valence-corrected chi connectivity index (χ2v) is 6.65. The first kappa shape index (κ1) is 16.3. The first-order chi connectivity index (χ1) is 11.3. The van der Waals surface area contributed by atoms with Crippen molar-refractivity contribution in [2.45, 2.75) is 45.2 Å². The molecule has 0 bridgehead atoms. The van der Waals surface area contributed by atoms with E-state index in [4.69, 9.17) is 4.99 Å². The highest BCUT2D eigenvalue weighted by Crippen LogP contribution is 2.31. The Labute approximate surface area is 139 Å². The van der Waals surface area contributed by atoms with Gasteiger partial charge in [-0.1, -0.05) is 0 Å². The van der Waals surface area contributed by atoms with Crippen LogP contribution in [0.25, 0.3) is 0 Å². The van der Waals surface area contributed by atoms with Crippen LogP contribution in [0, 0.1) is 5.92 Å². The molecule has 0 radical (unpaired) electrons. The van der Waals surface area contributed by atoms with Crippen LogP contribution in [0.15, 0.2) is 23.5 Å². The van der Waals surface area contributed by atoms with Crippen LogP contribution in [0.1, 0.15) is 32.6 Å². The number of hydrogen-bond donors (Lipinski definition) is 2. The number of likely N-dealkylation sites (tertiary alicyclic amines) is 1. The summed E-state index contributed by atoms with van der Waals surface area (Å²) in [6.07, 6.45) is 9.01. The molecule has 1 aliphatic carbocycles. The third-order valence-electron chi connectivity index (χ3n) is 4.65. The lowest BCUT2D eigenvalue weighted by atomic mass is 10.1. The van der Waals surface area contributed by atoms with Gasteiger partial charge in [-0.15, -0.1) is 0 Å². The van der Waals surface area contributed by atoms with Crippen molar-refractivity contribution in [2.24, 2.45) is 10.9 Å². The van der Waals surface area contributed by atoms with Gasteiger partial charge in [-0.05, 0) is 51.1 Å². The molecule has 1 saturated carbocycles. The van der Waals surface area contributed by atoms with Crippen molar-refractivity contribution >= 4 is 5.96 Å². The number of rotatable bonds is 8. The fourth-order valence-electron chi connectivity index (χ4n) is 3.23. The highest BCUT2D eigenvalue weighted by Gasteiger charge is 2.34. The van der Waals surface area contributed by atoms with Crippen molar-refractivity contribution in [3.8, 4) is 0 Å². The molecule has 1 unspecified atom stereocenters. The summed E-state index contributed by atoms with van der Waals surface area (Å²) in [7, 11) is 0. The predicted octanol–water partition coefficient (Wildman–Crippen LogP) is 1.31. The molecule has 2 N–H and O–H groups in total. The lowest BCUT2D eigenvalue weighted by molar-refractivity contribution is 0.315. The van der Waals surface area contributed by atoms with Gasteiger partial charge in [-0.25, -0.2) is 0 Å². The maximum absolute atomic E-state index is 4.79. The zero-order valence-electron chi connectivity index (χ0n) is 14.2. The number of aryl methyl sites for hydroxylation is 1. The summed E-state index contributed by atoms with van der Waals surface area (Å²) in [5.41, 5.74) is 0. The first-order valence-electron chi connectivity index (χ1n) is 9.09. The Morgan fingerprint density at radius 1 is 1.30 bits per heavy atom. The van der Waals surface area contributed by atoms with E-state index in [1.54, 1.807) is 0 Å². The van der Waals surface area contributed by atoms with Crippen molar-refractivity contribution < 1.29 is 0 Å².